The average molecular weight is 284 g/mol. The minimum absolute atomic E-state index is 0.337. The molecule has 0 fully saturated rings. The van der Waals surface area contributed by atoms with Gasteiger partial charge >= 0.3 is 12.1 Å². The molecule has 5 nitrogen and oxygen atoms in total. The number of alkyl halides is 1. The third kappa shape index (κ3) is 8.15. The molecule has 0 aromatic heterocycles. The van der Waals surface area contributed by atoms with Crippen LogP contribution in [0.1, 0.15) is 20.8 Å². The number of carbonyl (C=O) groups is 2. The molecule has 0 aliphatic carbocycles. The topological polar surface area (TPSA) is 64.6 Å². The van der Waals surface area contributed by atoms with E-state index < -0.39 is 23.7 Å². The Balaban J connectivity index is 4.32. The van der Waals surface area contributed by atoms with Crippen LogP contribution < -0.4 is 5.32 Å². The van der Waals surface area contributed by atoms with Gasteiger partial charge in [0.25, 0.3) is 0 Å². The van der Waals surface area contributed by atoms with E-state index in [1.54, 1.807) is 20.8 Å². The SMILES string of the molecule is COC(=O)[C@H](CSCCl)NC(=O)OC(C)(C)C. The summed E-state index contributed by atoms with van der Waals surface area (Å²) in [6.07, 6.45) is -0.650. The van der Waals surface area contributed by atoms with Crippen LogP contribution in [0.15, 0.2) is 0 Å². The van der Waals surface area contributed by atoms with Gasteiger partial charge in [-0.3, -0.25) is 0 Å². The van der Waals surface area contributed by atoms with Crippen LogP contribution in [0, 0.1) is 0 Å². The molecule has 0 heterocycles. The number of thioether (sulfide) groups is 1. The number of esters is 1. The van der Waals surface area contributed by atoms with Crippen LogP contribution in [0.4, 0.5) is 4.79 Å². The highest BCUT2D eigenvalue weighted by molar-refractivity contribution is 8.00. The lowest BCUT2D eigenvalue weighted by molar-refractivity contribution is -0.142. The zero-order valence-electron chi connectivity index (χ0n) is 10.4. The standard InChI is InChI=1S/C10H18ClNO4S/c1-10(2,3)16-9(14)12-7(5-17-6-11)8(13)15-4/h7H,5-6H2,1-4H3,(H,12,14)/t7-/m0/s1. The first-order valence-corrected chi connectivity index (χ1v) is 6.70. The molecule has 1 N–H and O–H groups in total. The number of hydrogen-bond donors (Lipinski definition) is 1. The Labute approximate surface area is 111 Å². The van der Waals surface area contributed by atoms with Crippen LogP contribution in [0.2, 0.25) is 0 Å². The summed E-state index contributed by atoms with van der Waals surface area (Å²) in [4.78, 5) is 22.8. The molecule has 0 saturated heterocycles. The fourth-order valence-corrected chi connectivity index (χ4v) is 1.73. The van der Waals surface area contributed by atoms with Gasteiger partial charge in [-0.05, 0) is 20.8 Å². The summed E-state index contributed by atoms with van der Waals surface area (Å²) in [7, 11) is 1.26. The zero-order chi connectivity index (χ0) is 13.5. The van der Waals surface area contributed by atoms with Gasteiger partial charge in [-0.1, -0.05) is 0 Å². The monoisotopic (exact) mass is 283 g/mol. The number of halogens is 1. The Morgan fingerprint density at radius 1 is 1.41 bits per heavy atom. The normalized spacial score (nSPS) is 12.8. The van der Waals surface area contributed by atoms with Gasteiger partial charge in [0.05, 0.1) is 12.3 Å². The molecule has 0 rings (SSSR count). The molecule has 0 unspecified atom stereocenters. The second-order valence-corrected chi connectivity index (χ2v) is 5.82. The van der Waals surface area contributed by atoms with Crippen LogP contribution in [0.25, 0.3) is 0 Å². The number of nitrogens with one attached hydrogen (secondary N) is 1. The van der Waals surface area contributed by atoms with Crippen molar-refractivity contribution in [1.82, 2.24) is 5.32 Å². The lowest BCUT2D eigenvalue weighted by atomic mass is 10.2. The summed E-state index contributed by atoms with van der Waals surface area (Å²) in [6, 6.07) is -0.751. The van der Waals surface area contributed by atoms with Crippen molar-refractivity contribution in [3.63, 3.8) is 0 Å². The van der Waals surface area contributed by atoms with Gasteiger partial charge in [0.15, 0.2) is 0 Å². The summed E-state index contributed by atoms with van der Waals surface area (Å²) in [6.45, 7) is 5.23. The molecule has 0 radical (unpaired) electrons. The van der Waals surface area contributed by atoms with Crippen molar-refractivity contribution in [3.8, 4) is 0 Å². The average Bonchev–Trinajstić information content (AvgIpc) is 2.20. The maximum atomic E-state index is 11.5. The summed E-state index contributed by atoms with van der Waals surface area (Å²) < 4.78 is 9.62. The van der Waals surface area contributed by atoms with E-state index >= 15 is 0 Å². The van der Waals surface area contributed by atoms with Crippen molar-refractivity contribution < 1.29 is 19.1 Å². The summed E-state index contributed by atoms with van der Waals surface area (Å²) in [5, 5.41) is 2.78. The van der Waals surface area contributed by atoms with Gasteiger partial charge in [0.1, 0.15) is 11.6 Å². The van der Waals surface area contributed by atoms with Crippen LogP contribution in [-0.2, 0) is 14.3 Å². The molecule has 0 spiro atoms. The van der Waals surface area contributed by atoms with Gasteiger partial charge in [0, 0.05) is 5.75 Å². The van der Waals surface area contributed by atoms with Gasteiger partial charge in [-0.15, -0.1) is 23.4 Å². The second kappa shape index (κ2) is 7.66. The maximum Gasteiger partial charge on any atom is 0.408 e. The highest BCUT2D eigenvalue weighted by Crippen LogP contribution is 2.09. The molecule has 0 aromatic carbocycles. The highest BCUT2D eigenvalue weighted by atomic mass is 35.5. The van der Waals surface area contributed by atoms with Crippen LogP contribution in [-0.4, -0.2) is 41.8 Å². The molecule has 17 heavy (non-hydrogen) atoms. The predicted octanol–water partition coefficient (Wildman–Crippen LogP) is 1.98. The van der Waals surface area contributed by atoms with Gasteiger partial charge in [-0.25, -0.2) is 9.59 Å². The van der Waals surface area contributed by atoms with Crippen LogP contribution >= 0.6 is 23.4 Å². The molecule has 0 aliphatic heterocycles. The molecule has 1 atom stereocenters. The molecule has 1 amide bonds. The number of hydrogen-bond acceptors (Lipinski definition) is 5. The Bertz CT molecular complexity index is 268. The van der Waals surface area contributed by atoms with E-state index in [1.165, 1.54) is 18.9 Å². The molecular formula is C10H18ClNO4S. The van der Waals surface area contributed by atoms with Crippen molar-refractivity contribution >= 4 is 35.4 Å². The lowest BCUT2D eigenvalue weighted by Crippen LogP contribution is -2.45. The van der Waals surface area contributed by atoms with Gasteiger partial charge < -0.3 is 14.8 Å². The van der Waals surface area contributed by atoms with E-state index in [4.69, 9.17) is 16.3 Å². The zero-order valence-corrected chi connectivity index (χ0v) is 12.0. The fraction of sp³-hybridized carbons (Fsp3) is 0.800. The molecule has 0 aromatic rings. The summed E-state index contributed by atoms with van der Waals surface area (Å²) in [5.41, 5.74) is -0.607. The van der Waals surface area contributed by atoms with Crippen molar-refractivity contribution in [2.45, 2.75) is 32.4 Å². The third-order valence-corrected chi connectivity index (χ3v) is 2.72. The van der Waals surface area contributed by atoms with Crippen molar-refractivity contribution in [2.24, 2.45) is 0 Å². The second-order valence-electron chi connectivity index (χ2n) is 4.20. The molecule has 100 valence electrons. The predicted molar refractivity (Wildman–Crippen MR) is 68.4 cm³/mol. The van der Waals surface area contributed by atoms with Crippen molar-refractivity contribution in [3.05, 3.63) is 0 Å². The molecule has 0 bridgehead atoms. The number of amides is 1. The minimum Gasteiger partial charge on any atom is -0.467 e. The van der Waals surface area contributed by atoms with E-state index in [1.807, 2.05) is 0 Å². The van der Waals surface area contributed by atoms with E-state index in [-0.39, 0.29) is 0 Å². The first-order chi connectivity index (χ1) is 7.80. The highest BCUT2D eigenvalue weighted by Gasteiger charge is 2.24. The summed E-state index contributed by atoms with van der Waals surface area (Å²) in [5.74, 6) is -0.177. The molecule has 0 aliphatic rings. The molecule has 0 saturated carbocycles. The smallest absolute Gasteiger partial charge is 0.408 e. The Morgan fingerprint density at radius 2 is 2.00 bits per heavy atom. The minimum atomic E-state index is -0.751. The maximum absolute atomic E-state index is 11.5. The first-order valence-electron chi connectivity index (χ1n) is 5.01. The lowest BCUT2D eigenvalue weighted by Gasteiger charge is -2.22. The summed E-state index contributed by atoms with van der Waals surface area (Å²) >= 11 is 6.82. The number of alkyl carbamates (subject to hydrolysis) is 1. The van der Waals surface area contributed by atoms with E-state index in [0.717, 1.165) is 0 Å². The van der Waals surface area contributed by atoms with E-state index in [9.17, 15) is 9.59 Å². The Kier molecular flexibility index (Phi) is 7.38. The Hall–Kier alpha value is -0.620. The van der Waals surface area contributed by atoms with Gasteiger partial charge in [0.2, 0.25) is 0 Å². The first kappa shape index (κ1) is 16.4. The number of rotatable bonds is 5. The number of methoxy groups -OCH3 is 1. The number of ether oxygens (including phenoxy) is 2. The molecule has 7 heteroatoms. The number of carbonyl (C=O) groups excluding carboxylic acids is 2. The van der Waals surface area contributed by atoms with Crippen LogP contribution in [0.5, 0.6) is 0 Å². The quantitative estimate of drug-likeness (QED) is 0.617. The van der Waals surface area contributed by atoms with Crippen LogP contribution in [0.3, 0.4) is 0 Å². The van der Waals surface area contributed by atoms with E-state index in [0.29, 0.717) is 11.0 Å². The fourth-order valence-electron chi connectivity index (χ4n) is 0.923. The molecular weight excluding hydrogens is 266 g/mol. The van der Waals surface area contributed by atoms with Gasteiger partial charge in [-0.2, -0.15) is 0 Å². The van der Waals surface area contributed by atoms with Crippen molar-refractivity contribution in [1.29, 1.82) is 0 Å². The largest absolute Gasteiger partial charge is 0.467 e. The Morgan fingerprint density at radius 3 is 2.41 bits per heavy atom. The van der Waals surface area contributed by atoms with Crippen molar-refractivity contribution in [2.75, 3.05) is 18.1 Å². The van der Waals surface area contributed by atoms with E-state index in [2.05, 4.69) is 10.1 Å². The third-order valence-electron chi connectivity index (χ3n) is 1.54.